The van der Waals surface area contributed by atoms with Gasteiger partial charge in [0.25, 0.3) is 0 Å². The zero-order valence-electron chi connectivity index (χ0n) is 33.5. The number of hydrogen-bond acceptors (Lipinski definition) is 13. The van der Waals surface area contributed by atoms with Crippen molar-refractivity contribution in [2.45, 2.75) is 65.2 Å². The Balaban J connectivity index is 1.69. The molecule has 0 radical (unpaired) electrons. The van der Waals surface area contributed by atoms with Crippen molar-refractivity contribution in [3.05, 3.63) is 42.0 Å². The van der Waals surface area contributed by atoms with Gasteiger partial charge in [0.1, 0.15) is 19.0 Å². The standard InChI is InChI=1S/C41H72O13/c1-4-5-6-7-8-9-10-11-39-12-14-40(15-13-39)53-36-34-51-32-30-49-28-26-47-24-22-45-20-18-43-16-17-44-19-21-46-23-25-48-27-29-50-31-33-52-35-37-54-41(42)38(2)3/h12-15H,2,4-11,16-37H2,1,3H3. The summed E-state index contributed by atoms with van der Waals surface area (Å²) in [5, 5.41) is 0. The van der Waals surface area contributed by atoms with Gasteiger partial charge in [0.2, 0.25) is 0 Å². The van der Waals surface area contributed by atoms with Crippen LogP contribution < -0.4 is 4.74 Å². The monoisotopic (exact) mass is 772 g/mol. The average Bonchev–Trinajstić information content (AvgIpc) is 3.18. The van der Waals surface area contributed by atoms with Crippen molar-refractivity contribution in [3.8, 4) is 5.75 Å². The van der Waals surface area contributed by atoms with Crippen molar-refractivity contribution >= 4 is 5.97 Å². The summed E-state index contributed by atoms with van der Waals surface area (Å²) in [6, 6.07) is 8.44. The summed E-state index contributed by atoms with van der Waals surface area (Å²) in [6.07, 6.45) is 10.5. The minimum Gasteiger partial charge on any atom is -0.491 e. The highest BCUT2D eigenvalue weighted by Crippen LogP contribution is 2.15. The molecule has 0 spiro atoms. The maximum absolute atomic E-state index is 11.2. The molecule has 0 aliphatic heterocycles. The lowest BCUT2D eigenvalue weighted by Crippen LogP contribution is -2.15. The van der Waals surface area contributed by atoms with E-state index < -0.39 is 5.97 Å². The second-order valence-electron chi connectivity index (χ2n) is 12.4. The fourth-order valence-electron chi connectivity index (χ4n) is 4.65. The van der Waals surface area contributed by atoms with Gasteiger partial charge >= 0.3 is 5.97 Å². The highest BCUT2D eigenvalue weighted by Gasteiger charge is 2.02. The predicted molar refractivity (Wildman–Crippen MR) is 208 cm³/mol. The van der Waals surface area contributed by atoms with Crippen LogP contribution in [0.15, 0.2) is 36.4 Å². The summed E-state index contributed by atoms with van der Waals surface area (Å²) in [7, 11) is 0. The van der Waals surface area contributed by atoms with Crippen molar-refractivity contribution in [1.82, 2.24) is 0 Å². The van der Waals surface area contributed by atoms with Crippen LogP contribution in [0.2, 0.25) is 0 Å². The van der Waals surface area contributed by atoms with E-state index in [1.165, 1.54) is 50.5 Å². The number of rotatable bonds is 43. The van der Waals surface area contributed by atoms with Crippen LogP contribution in [-0.4, -0.2) is 151 Å². The van der Waals surface area contributed by atoms with Gasteiger partial charge in [-0.15, -0.1) is 0 Å². The highest BCUT2D eigenvalue weighted by atomic mass is 16.6. The SMILES string of the molecule is C=C(C)C(=O)OCCOCCOCCOCCOCCOCCOCCOCCOCCOCCOCCOc1ccc(CCCCCCCCC)cc1. The maximum atomic E-state index is 11.2. The number of carbonyl (C=O) groups is 1. The Morgan fingerprint density at radius 1 is 0.444 bits per heavy atom. The Kier molecular flexibility index (Phi) is 37.4. The molecule has 1 aromatic carbocycles. The summed E-state index contributed by atoms with van der Waals surface area (Å²) in [4.78, 5) is 11.2. The number of carbonyl (C=O) groups excluding carboxylic acids is 1. The third-order valence-corrected chi connectivity index (χ3v) is 7.65. The van der Waals surface area contributed by atoms with Gasteiger partial charge in [-0.1, -0.05) is 64.2 Å². The molecule has 0 unspecified atom stereocenters. The summed E-state index contributed by atoms with van der Waals surface area (Å²) in [5.74, 6) is 0.471. The van der Waals surface area contributed by atoms with Crippen LogP contribution in [-0.2, 0) is 63.3 Å². The molecule has 0 amide bonds. The summed E-state index contributed by atoms with van der Waals surface area (Å²) in [5.41, 5.74) is 1.75. The topological polar surface area (TPSA) is 128 Å². The summed E-state index contributed by atoms with van der Waals surface area (Å²) < 4.78 is 65.5. The number of benzene rings is 1. The van der Waals surface area contributed by atoms with Crippen LogP contribution in [0, 0.1) is 0 Å². The van der Waals surface area contributed by atoms with E-state index in [4.69, 9.17) is 56.8 Å². The number of hydrogen-bond donors (Lipinski definition) is 0. The third-order valence-electron chi connectivity index (χ3n) is 7.65. The first kappa shape index (κ1) is 49.8. The molecule has 13 nitrogen and oxygen atoms in total. The Morgan fingerprint density at radius 2 is 0.759 bits per heavy atom. The van der Waals surface area contributed by atoms with Gasteiger partial charge < -0.3 is 56.8 Å². The predicted octanol–water partition coefficient (Wildman–Crippen LogP) is 5.64. The molecule has 0 heterocycles. The summed E-state index contributed by atoms with van der Waals surface area (Å²) >= 11 is 0. The zero-order valence-corrected chi connectivity index (χ0v) is 33.5. The van der Waals surface area contributed by atoms with Gasteiger partial charge in [-0.05, 0) is 37.5 Å². The lowest BCUT2D eigenvalue weighted by molar-refractivity contribution is -0.140. The third kappa shape index (κ3) is 35.5. The lowest BCUT2D eigenvalue weighted by Gasteiger charge is -2.09. The van der Waals surface area contributed by atoms with Gasteiger partial charge in [0, 0.05) is 5.57 Å². The van der Waals surface area contributed by atoms with Gasteiger partial charge in [0.05, 0.1) is 132 Å². The first-order chi connectivity index (χ1) is 26.6. The van der Waals surface area contributed by atoms with Gasteiger partial charge in [-0.25, -0.2) is 4.79 Å². The largest absolute Gasteiger partial charge is 0.491 e. The van der Waals surface area contributed by atoms with Crippen LogP contribution >= 0.6 is 0 Å². The van der Waals surface area contributed by atoms with E-state index in [9.17, 15) is 4.79 Å². The lowest BCUT2D eigenvalue weighted by atomic mass is 10.0. The molecular formula is C41H72O13. The quantitative estimate of drug-likeness (QED) is 0.0462. The molecule has 314 valence electrons. The zero-order chi connectivity index (χ0) is 38.8. The molecule has 0 aromatic heterocycles. The van der Waals surface area contributed by atoms with E-state index in [2.05, 4.69) is 37.8 Å². The van der Waals surface area contributed by atoms with E-state index in [-0.39, 0.29) is 6.61 Å². The number of aryl methyl sites for hydroxylation is 1. The van der Waals surface area contributed by atoms with Crippen LogP contribution in [0.25, 0.3) is 0 Å². The molecule has 1 rings (SSSR count). The van der Waals surface area contributed by atoms with Crippen LogP contribution in [0.5, 0.6) is 5.75 Å². The number of ether oxygens (including phenoxy) is 12. The highest BCUT2D eigenvalue weighted by molar-refractivity contribution is 5.86. The number of esters is 1. The van der Waals surface area contributed by atoms with Crippen molar-refractivity contribution in [2.24, 2.45) is 0 Å². The van der Waals surface area contributed by atoms with E-state index in [1.807, 2.05) is 0 Å². The van der Waals surface area contributed by atoms with Crippen molar-refractivity contribution < 1.29 is 61.6 Å². The van der Waals surface area contributed by atoms with Crippen LogP contribution in [0.1, 0.15) is 64.4 Å². The summed E-state index contributed by atoms with van der Waals surface area (Å²) in [6.45, 7) is 17.8. The molecule has 0 fully saturated rings. The fourth-order valence-corrected chi connectivity index (χ4v) is 4.65. The molecule has 0 aliphatic carbocycles. The number of unbranched alkanes of at least 4 members (excludes halogenated alkanes) is 6. The van der Waals surface area contributed by atoms with Crippen molar-refractivity contribution in [2.75, 3.05) is 145 Å². The van der Waals surface area contributed by atoms with Gasteiger partial charge in [-0.2, -0.15) is 0 Å². The Labute approximate surface area is 325 Å². The Hall–Kier alpha value is -2.17. The molecule has 0 saturated heterocycles. The molecule has 0 saturated carbocycles. The van der Waals surface area contributed by atoms with E-state index in [0.29, 0.717) is 144 Å². The molecule has 0 atom stereocenters. The van der Waals surface area contributed by atoms with E-state index in [1.54, 1.807) is 6.92 Å². The molecule has 1 aromatic rings. The molecule has 0 N–H and O–H groups in total. The average molecular weight is 773 g/mol. The minimum atomic E-state index is -0.412. The maximum Gasteiger partial charge on any atom is 0.333 e. The second kappa shape index (κ2) is 40.5. The van der Waals surface area contributed by atoms with Crippen LogP contribution in [0.3, 0.4) is 0 Å². The molecular weight excluding hydrogens is 700 g/mol. The molecule has 54 heavy (non-hydrogen) atoms. The Morgan fingerprint density at radius 3 is 1.11 bits per heavy atom. The van der Waals surface area contributed by atoms with Gasteiger partial charge in [0.15, 0.2) is 0 Å². The molecule has 0 aliphatic rings. The Bertz CT molecular complexity index is 947. The molecule has 13 heteroatoms. The first-order valence-electron chi connectivity index (χ1n) is 19.9. The van der Waals surface area contributed by atoms with Gasteiger partial charge in [-0.3, -0.25) is 0 Å². The second-order valence-corrected chi connectivity index (χ2v) is 12.4. The minimum absolute atomic E-state index is 0.199. The van der Waals surface area contributed by atoms with E-state index >= 15 is 0 Å². The normalized spacial score (nSPS) is 11.3. The van der Waals surface area contributed by atoms with E-state index in [0.717, 1.165) is 12.2 Å². The first-order valence-corrected chi connectivity index (χ1v) is 19.9. The van der Waals surface area contributed by atoms with Crippen molar-refractivity contribution in [3.63, 3.8) is 0 Å². The fraction of sp³-hybridized carbons (Fsp3) is 0.780. The smallest absolute Gasteiger partial charge is 0.333 e. The van der Waals surface area contributed by atoms with Crippen molar-refractivity contribution in [1.29, 1.82) is 0 Å². The van der Waals surface area contributed by atoms with Crippen LogP contribution in [0.4, 0.5) is 0 Å². The molecule has 0 bridgehead atoms.